The highest BCUT2D eigenvalue weighted by atomic mass is 16.2. The third kappa shape index (κ3) is 4.33. The molecule has 27 heavy (non-hydrogen) atoms. The summed E-state index contributed by atoms with van der Waals surface area (Å²) in [5, 5.41) is 13.5. The van der Waals surface area contributed by atoms with Gasteiger partial charge in [-0.2, -0.15) is 5.10 Å². The highest BCUT2D eigenvalue weighted by Crippen LogP contribution is 2.24. The minimum atomic E-state index is -0.0264. The molecule has 0 saturated carbocycles. The summed E-state index contributed by atoms with van der Waals surface area (Å²) in [4.78, 5) is 14.9. The Labute approximate surface area is 160 Å². The fraction of sp³-hybridized carbons (Fsp3) is 0.524. The number of nitrogens with zero attached hydrogens (tertiary/aromatic N) is 2. The van der Waals surface area contributed by atoms with E-state index in [0.29, 0.717) is 6.04 Å². The van der Waals surface area contributed by atoms with Crippen LogP contribution in [-0.4, -0.2) is 46.3 Å². The van der Waals surface area contributed by atoms with E-state index in [1.165, 1.54) is 16.8 Å². The summed E-state index contributed by atoms with van der Waals surface area (Å²) < 4.78 is 0. The normalized spacial score (nSPS) is 22.0. The summed E-state index contributed by atoms with van der Waals surface area (Å²) in [7, 11) is 0. The number of piperidine rings is 1. The third-order valence-electron chi connectivity index (χ3n) is 6.05. The van der Waals surface area contributed by atoms with Gasteiger partial charge in [0.2, 0.25) is 0 Å². The van der Waals surface area contributed by atoms with Crippen molar-refractivity contribution in [2.24, 2.45) is 0 Å². The van der Waals surface area contributed by atoms with Gasteiger partial charge in [0.1, 0.15) is 0 Å². The van der Waals surface area contributed by atoms with E-state index < -0.39 is 0 Å². The van der Waals surface area contributed by atoms with Gasteiger partial charge in [-0.3, -0.25) is 10.00 Å². The number of urea groups is 1. The van der Waals surface area contributed by atoms with Crippen LogP contribution in [0.15, 0.2) is 36.5 Å². The van der Waals surface area contributed by atoms with E-state index in [0.717, 1.165) is 45.2 Å². The number of nitrogens with one attached hydrogen (secondary N) is 3. The van der Waals surface area contributed by atoms with Gasteiger partial charge in [-0.05, 0) is 50.2 Å². The highest BCUT2D eigenvalue weighted by Gasteiger charge is 2.26. The van der Waals surface area contributed by atoms with E-state index in [-0.39, 0.29) is 18.1 Å². The molecule has 0 spiro atoms. The van der Waals surface area contributed by atoms with E-state index in [1.807, 2.05) is 6.20 Å². The Morgan fingerprint density at radius 3 is 2.67 bits per heavy atom. The van der Waals surface area contributed by atoms with Crippen molar-refractivity contribution >= 4 is 6.03 Å². The predicted octanol–water partition coefficient (Wildman–Crippen LogP) is 2.79. The van der Waals surface area contributed by atoms with Crippen molar-refractivity contribution in [1.82, 2.24) is 25.7 Å². The number of aromatic nitrogens is 2. The SMILES string of the molecule is CC(c1ccccc1)N1CCC(NC(=O)NC2CCc3[nH]ncc3C2)CC1. The van der Waals surface area contributed by atoms with E-state index in [9.17, 15) is 4.79 Å². The molecule has 6 nitrogen and oxygen atoms in total. The molecular weight excluding hydrogens is 338 g/mol. The zero-order chi connectivity index (χ0) is 18.6. The molecule has 144 valence electrons. The third-order valence-corrected chi connectivity index (χ3v) is 6.05. The number of carbonyl (C=O) groups excluding carboxylic acids is 1. The summed E-state index contributed by atoms with van der Waals surface area (Å²) in [6.45, 7) is 4.30. The van der Waals surface area contributed by atoms with Crippen LogP contribution in [0.4, 0.5) is 4.79 Å². The summed E-state index contributed by atoms with van der Waals surface area (Å²) in [5.41, 5.74) is 3.81. The Kier molecular flexibility index (Phi) is 5.43. The molecule has 2 aliphatic rings. The highest BCUT2D eigenvalue weighted by molar-refractivity contribution is 5.74. The van der Waals surface area contributed by atoms with Crippen LogP contribution in [0.3, 0.4) is 0 Å². The molecule has 2 unspecified atom stereocenters. The summed E-state index contributed by atoms with van der Waals surface area (Å²) in [5.74, 6) is 0. The van der Waals surface area contributed by atoms with Gasteiger partial charge in [-0.15, -0.1) is 0 Å². The van der Waals surface area contributed by atoms with Gasteiger partial charge in [0.15, 0.2) is 0 Å². The maximum atomic E-state index is 12.4. The van der Waals surface area contributed by atoms with Crippen molar-refractivity contribution in [3.8, 4) is 0 Å². The van der Waals surface area contributed by atoms with Crippen molar-refractivity contribution in [1.29, 1.82) is 0 Å². The largest absolute Gasteiger partial charge is 0.335 e. The number of fused-ring (bicyclic) bond motifs is 1. The maximum absolute atomic E-state index is 12.4. The Morgan fingerprint density at radius 2 is 1.89 bits per heavy atom. The molecule has 3 N–H and O–H groups in total. The van der Waals surface area contributed by atoms with Crippen LogP contribution >= 0.6 is 0 Å². The van der Waals surface area contributed by atoms with Crippen molar-refractivity contribution in [2.75, 3.05) is 13.1 Å². The molecule has 1 aromatic carbocycles. The number of carbonyl (C=O) groups is 1. The van der Waals surface area contributed by atoms with Crippen LogP contribution in [0.25, 0.3) is 0 Å². The van der Waals surface area contributed by atoms with Gasteiger partial charge in [0.05, 0.1) is 6.20 Å². The van der Waals surface area contributed by atoms with E-state index >= 15 is 0 Å². The molecule has 1 saturated heterocycles. The molecule has 0 radical (unpaired) electrons. The van der Waals surface area contributed by atoms with E-state index in [1.54, 1.807) is 0 Å². The number of benzene rings is 1. The molecule has 6 heteroatoms. The summed E-state index contributed by atoms with van der Waals surface area (Å²) in [6, 6.07) is 11.5. The fourth-order valence-electron chi connectivity index (χ4n) is 4.33. The van der Waals surface area contributed by atoms with Gasteiger partial charge in [-0.25, -0.2) is 4.79 Å². The van der Waals surface area contributed by atoms with E-state index in [4.69, 9.17) is 0 Å². The molecule has 2 atom stereocenters. The molecule has 1 aromatic heterocycles. The van der Waals surface area contributed by atoms with Crippen LogP contribution in [0, 0.1) is 0 Å². The topological polar surface area (TPSA) is 73.1 Å². The molecule has 1 aliphatic heterocycles. The van der Waals surface area contributed by atoms with Crippen molar-refractivity contribution < 1.29 is 4.79 Å². The second-order valence-corrected chi connectivity index (χ2v) is 7.83. The summed E-state index contributed by atoms with van der Waals surface area (Å²) >= 11 is 0. The standard InChI is InChI=1S/C21H29N5O/c1-15(16-5-3-2-4-6-16)26-11-9-18(10-12-26)23-21(27)24-19-7-8-20-17(13-19)14-22-25-20/h2-6,14-15,18-19H,7-13H2,1H3,(H,22,25)(H2,23,24,27). The first-order valence-corrected chi connectivity index (χ1v) is 10.1. The van der Waals surface area contributed by atoms with Gasteiger partial charge in [0, 0.05) is 36.9 Å². The average Bonchev–Trinajstić information content (AvgIpc) is 3.16. The van der Waals surface area contributed by atoms with E-state index in [2.05, 4.69) is 63.0 Å². The van der Waals surface area contributed by atoms with Gasteiger partial charge < -0.3 is 10.6 Å². The van der Waals surface area contributed by atoms with Gasteiger partial charge in [0.25, 0.3) is 0 Å². The molecular formula is C21H29N5O. The fourth-order valence-corrected chi connectivity index (χ4v) is 4.33. The number of amides is 2. The Balaban J connectivity index is 1.22. The zero-order valence-electron chi connectivity index (χ0n) is 15.9. The number of likely N-dealkylation sites (tertiary alicyclic amines) is 1. The number of rotatable bonds is 4. The average molecular weight is 367 g/mol. The number of aryl methyl sites for hydroxylation is 1. The van der Waals surface area contributed by atoms with Crippen LogP contribution in [0.5, 0.6) is 0 Å². The molecule has 1 fully saturated rings. The van der Waals surface area contributed by atoms with Crippen molar-refractivity contribution in [3.05, 3.63) is 53.3 Å². The van der Waals surface area contributed by atoms with Crippen LogP contribution in [0.1, 0.15) is 49.0 Å². The first-order chi connectivity index (χ1) is 13.2. The minimum Gasteiger partial charge on any atom is -0.335 e. The zero-order valence-corrected chi connectivity index (χ0v) is 15.9. The second kappa shape index (κ2) is 8.13. The lowest BCUT2D eigenvalue weighted by molar-refractivity contribution is 0.152. The second-order valence-electron chi connectivity index (χ2n) is 7.83. The first kappa shape index (κ1) is 18.0. The van der Waals surface area contributed by atoms with Crippen LogP contribution < -0.4 is 10.6 Å². The molecule has 2 aromatic rings. The number of hydrogen-bond donors (Lipinski definition) is 3. The lowest BCUT2D eigenvalue weighted by Gasteiger charge is -2.36. The lowest BCUT2D eigenvalue weighted by atomic mass is 9.94. The summed E-state index contributed by atoms with van der Waals surface area (Å²) in [6.07, 6.45) is 6.67. The smallest absolute Gasteiger partial charge is 0.315 e. The lowest BCUT2D eigenvalue weighted by Crippen LogP contribution is -2.51. The Bertz CT molecular complexity index is 751. The van der Waals surface area contributed by atoms with Crippen molar-refractivity contribution in [3.63, 3.8) is 0 Å². The Morgan fingerprint density at radius 1 is 1.15 bits per heavy atom. The minimum absolute atomic E-state index is 0.0264. The Hall–Kier alpha value is -2.34. The maximum Gasteiger partial charge on any atom is 0.315 e. The van der Waals surface area contributed by atoms with Gasteiger partial charge in [-0.1, -0.05) is 30.3 Å². The molecule has 2 amide bonds. The molecule has 4 rings (SSSR count). The predicted molar refractivity (Wildman–Crippen MR) is 106 cm³/mol. The van der Waals surface area contributed by atoms with Crippen LogP contribution in [-0.2, 0) is 12.8 Å². The first-order valence-electron chi connectivity index (χ1n) is 10.1. The monoisotopic (exact) mass is 367 g/mol. The molecule has 0 bridgehead atoms. The quantitative estimate of drug-likeness (QED) is 0.778. The molecule has 1 aliphatic carbocycles. The van der Waals surface area contributed by atoms with Crippen LogP contribution in [0.2, 0.25) is 0 Å². The van der Waals surface area contributed by atoms with Crippen molar-refractivity contribution in [2.45, 2.75) is 57.2 Å². The number of hydrogen-bond acceptors (Lipinski definition) is 3. The number of aromatic amines is 1. The number of H-pyrrole nitrogens is 1. The molecule has 2 heterocycles. The van der Waals surface area contributed by atoms with Gasteiger partial charge >= 0.3 is 6.03 Å².